The monoisotopic (exact) mass is 478 g/mol. The summed E-state index contributed by atoms with van der Waals surface area (Å²) < 4.78 is 44.5. The number of halogens is 3. The van der Waals surface area contributed by atoms with E-state index < -0.39 is 17.5 Å². The zero-order valence-corrected chi connectivity index (χ0v) is 21.1. The van der Waals surface area contributed by atoms with Crippen molar-refractivity contribution in [2.45, 2.75) is 78.1 Å². The highest BCUT2D eigenvalue weighted by Gasteiger charge is 2.21. The summed E-state index contributed by atoms with van der Waals surface area (Å²) in [6.45, 7) is 4.00. The molecule has 0 heterocycles. The van der Waals surface area contributed by atoms with Gasteiger partial charge in [0.25, 0.3) is 0 Å². The molecule has 0 aliphatic heterocycles. The predicted molar refractivity (Wildman–Crippen MR) is 142 cm³/mol. The van der Waals surface area contributed by atoms with Gasteiger partial charge in [0.15, 0.2) is 11.6 Å². The highest BCUT2D eigenvalue weighted by molar-refractivity contribution is 5.90. The van der Waals surface area contributed by atoms with Crippen molar-refractivity contribution < 1.29 is 13.2 Å². The molecule has 0 bridgehead atoms. The van der Waals surface area contributed by atoms with E-state index in [1.54, 1.807) is 25.1 Å². The summed E-state index contributed by atoms with van der Waals surface area (Å²) in [6, 6.07) is 12.7. The lowest BCUT2D eigenvalue weighted by molar-refractivity contribution is 0.249. The van der Waals surface area contributed by atoms with E-state index in [4.69, 9.17) is 0 Å². The van der Waals surface area contributed by atoms with E-state index in [9.17, 15) is 8.78 Å². The van der Waals surface area contributed by atoms with Gasteiger partial charge >= 0.3 is 0 Å². The van der Waals surface area contributed by atoms with Crippen molar-refractivity contribution in [2.75, 3.05) is 0 Å². The molecule has 4 rings (SSSR count). The number of hydrogen-bond donors (Lipinski definition) is 0. The normalized spacial score (nSPS) is 18.5. The zero-order valence-electron chi connectivity index (χ0n) is 21.1. The van der Waals surface area contributed by atoms with Crippen molar-refractivity contribution in [1.29, 1.82) is 0 Å². The Bertz CT molecular complexity index is 1150. The molecule has 0 nitrogen and oxygen atoms in total. The van der Waals surface area contributed by atoms with Crippen molar-refractivity contribution >= 4 is 16.8 Å². The van der Waals surface area contributed by atoms with Gasteiger partial charge in [0.1, 0.15) is 5.82 Å². The molecule has 0 atom stereocenters. The minimum atomic E-state index is -1.13. The van der Waals surface area contributed by atoms with Crippen LogP contribution in [0.2, 0.25) is 0 Å². The molecular formula is C32H37F3. The quantitative estimate of drug-likeness (QED) is 0.268. The molecule has 1 aliphatic carbocycles. The minimum absolute atomic E-state index is 0.124. The third-order valence-electron chi connectivity index (χ3n) is 7.79. The van der Waals surface area contributed by atoms with Gasteiger partial charge in [-0.2, -0.15) is 0 Å². The Morgan fingerprint density at radius 1 is 0.800 bits per heavy atom. The fourth-order valence-electron chi connectivity index (χ4n) is 5.64. The maximum atomic E-state index is 15.3. The average Bonchev–Trinajstić information content (AvgIpc) is 2.87. The molecule has 3 aromatic carbocycles. The van der Waals surface area contributed by atoms with E-state index in [0.29, 0.717) is 16.5 Å². The number of fused-ring (bicyclic) bond motifs is 1. The molecule has 3 heteroatoms. The summed E-state index contributed by atoms with van der Waals surface area (Å²) in [6.07, 6.45) is 16.2. The van der Waals surface area contributed by atoms with E-state index >= 15 is 4.39 Å². The van der Waals surface area contributed by atoms with Crippen LogP contribution in [0, 0.1) is 29.3 Å². The standard InChI is InChI=1S/C32H37F3/c1-3-5-6-8-22-9-11-23(12-10-22)13-14-24-15-17-25(18-16-24)28-20-19-26-21-27(7-4-2)30(33)32(35)29(26)31(28)34/h4,7,15-23H,3,5-6,8-14H2,1-2H3/b7-4+. The molecule has 1 fully saturated rings. The summed E-state index contributed by atoms with van der Waals surface area (Å²) in [7, 11) is 0. The van der Waals surface area contributed by atoms with E-state index in [1.807, 2.05) is 24.3 Å². The number of allylic oxidation sites excluding steroid dienone is 1. The molecule has 0 saturated heterocycles. The van der Waals surface area contributed by atoms with Gasteiger partial charge in [0, 0.05) is 11.1 Å². The smallest absolute Gasteiger partial charge is 0.170 e. The first-order valence-corrected chi connectivity index (χ1v) is 13.3. The van der Waals surface area contributed by atoms with Gasteiger partial charge in [0.2, 0.25) is 0 Å². The molecule has 1 aliphatic rings. The van der Waals surface area contributed by atoms with Crippen molar-refractivity contribution in [3.8, 4) is 11.1 Å². The number of hydrogen-bond acceptors (Lipinski definition) is 0. The summed E-state index contributed by atoms with van der Waals surface area (Å²) in [4.78, 5) is 0. The van der Waals surface area contributed by atoms with Crippen LogP contribution in [0.4, 0.5) is 13.2 Å². The second-order valence-electron chi connectivity index (χ2n) is 10.2. The second kappa shape index (κ2) is 11.9. The van der Waals surface area contributed by atoms with Crippen molar-refractivity contribution in [3.05, 3.63) is 77.1 Å². The molecule has 0 N–H and O–H groups in total. The van der Waals surface area contributed by atoms with E-state index in [1.165, 1.54) is 75.5 Å². The molecular weight excluding hydrogens is 441 g/mol. The summed E-state index contributed by atoms with van der Waals surface area (Å²) in [5.74, 6) is -1.12. The fraction of sp³-hybridized carbons (Fsp3) is 0.438. The maximum absolute atomic E-state index is 15.3. The highest BCUT2D eigenvalue weighted by atomic mass is 19.2. The van der Waals surface area contributed by atoms with Crippen LogP contribution in [0.25, 0.3) is 28.0 Å². The van der Waals surface area contributed by atoms with Gasteiger partial charge in [-0.25, -0.2) is 13.2 Å². The van der Waals surface area contributed by atoms with Crippen molar-refractivity contribution in [1.82, 2.24) is 0 Å². The highest BCUT2D eigenvalue weighted by Crippen LogP contribution is 2.35. The lowest BCUT2D eigenvalue weighted by Gasteiger charge is -2.28. The van der Waals surface area contributed by atoms with Crippen LogP contribution in [-0.4, -0.2) is 0 Å². The van der Waals surface area contributed by atoms with Gasteiger partial charge in [-0.3, -0.25) is 0 Å². The average molecular weight is 479 g/mol. The molecule has 0 unspecified atom stereocenters. The number of unbranched alkanes of at least 4 members (excludes halogenated alkanes) is 2. The van der Waals surface area contributed by atoms with Gasteiger partial charge in [-0.15, -0.1) is 0 Å². The van der Waals surface area contributed by atoms with Crippen LogP contribution in [0.5, 0.6) is 0 Å². The Kier molecular flexibility index (Phi) is 8.70. The first kappa shape index (κ1) is 25.5. The SMILES string of the molecule is C/C=C/c1cc2ccc(-c3ccc(CCC4CCC(CCCCC)CC4)cc3)c(F)c2c(F)c1F. The van der Waals surface area contributed by atoms with Crippen LogP contribution in [0.15, 0.2) is 48.5 Å². The summed E-state index contributed by atoms with van der Waals surface area (Å²) in [5.41, 5.74) is 2.34. The van der Waals surface area contributed by atoms with Gasteiger partial charge in [-0.05, 0) is 54.2 Å². The molecule has 3 aromatic rings. The molecule has 35 heavy (non-hydrogen) atoms. The largest absolute Gasteiger partial charge is 0.206 e. The summed E-state index contributed by atoms with van der Waals surface area (Å²) in [5, 5.41) is 0.0672. The number of rotatable bonds is 9. The lowest BCUT2D eigenvalue weighted by Crippen LogP contribution is -2.15. The van der Waals surface area contributed by atoms with Gasteiger partial charge in [-0.1, -0.05) is 107 Å². The molecule has 0 spiro atoms. The number of aryl methyl sites for hydroxylation is 1. The molecule has 0 amide bonds. The molecule has 0 aromatic heterocycles. The third kappa shape index (κ3) is 6.00. The van der Waals surface area contributed by atoms with Crippen LogP contribution < -0.4 is 0 Å². The Hall–Kier alpha value is -2.55. The van der Waals surface area contributed by atoms with E-state index in [-0.39, 0.29) is 10.9 Å². The Balaban J connectivity index is 1.41. The zero-order chi connectivity index (χ0) is 24.8. The molecule has 0 radical (unpaired) electrons. The second-order valence-corrected chi connectivity index (χ2v) is 10.2. The van der Waals surface area contributed by atoms with Crippen LogP contribution >= 0.6 is 0 Å². The van der Waals surface area contributed by atoms with Crippen LogP contribution in [0.1, 0.15) is 82.8 Å². The fourth-order valence-corrected chi connectivity index (χ4v) is 5.64. The maximum Gasteiger partial charge on any atom is 0.170 e. The first-order valence-electron chi connectivity index (χ1n) is 13.3. The topological polar surface area (TPSA) is 0 Å². The number of benzene rings is 3. The Labute approximate surface area is 208 Å². The molecule has 186 valence electrons. The van der Waals surface area contributed by atoms with Crippen molar-refractivity contribution in [2.24, 2.45) is 11.8 Å². The first-order chi connectivity index (χ1) is 17.0. The van der Waals surface area contributed by atoms with Crippen LogP contribution in [0.3, 0.4) is 0 Å². The Morgan fingerprint density at radius 3 is 2.14 bits per heavy atom. The van der Waals surface area contributed by atoms with Gasteiger partial charge < -0.3 is 0 Å². The van der Waals surface area contributed by atoms with E-state index in [2.05, 4.69) is 6.92 Å². The molecule has 1 saturated carbocycles. The van der Waals surface area contributed by atoms with Gasteiger partial charge in [0.05, 0.1) is 5.39 Å². The van der Waals surface area contributed by atoms with Crippen molar-refractivity contribution in [3.63, 3.8) is 0 Å². The summed E-state index contributed by atoms with van der Waals surface area (Å²) >= 11 is 0. The predicted octanol–water partition coefficient (Wildman–Crippen LogP) is 10.3. The Morgan fingerprint density at radius 2 is 1.49 bits per heavy atom. The third-order valence-corrected chi connectivity index (χ3v) is 7.79. The van der Waals surface area contributed by atoms with E-state index in [0.717, 1.165) is 18.3 Å². The van der Waals surface area contributed by atoms with Crippen LogP contribution in [-0.2, 0) is 6.42 Å². The lowest BCUT2D eigenvalue weighted by atomic mass is 9.78. The minimum Gasteiger partial charge on any atom is -0.206 e.